The average molecular weight is 617 g/mol. The van der Waals surface area contributed by atoms with E-state index in [1.807, 2.05) is 4.98 Å². The molecule has 18 heteroatoms. The number of alkyl halides is 2. The second-order valence-corrected chi connectivity index (χ2v) is 13.1. The molecule has 14 nitrogen and oxygen atoms in total. The van der Waals surface area contributed by atoms with Gasteiger partial charge in [0.2, 0.25) is 0 Å². The highest BCUT2D eigenvalue weighted by molar-refractivity contribution is 8.10. The van der Waals surface area contributed by atoms with Gasteiger partial charge in [0.25, 0.3) is 12.0 Å². The van der Waals surface area contributed by atoms with Gasteiger partial charge in [0.1, 0.15) is 24.3 Å². The fraction of sp³-hybridized carbons (Fsp3) is 0.727. The molecule has 228 valence electrons. The van der Waals surface area contributed by atoms with Crippen molar-refractivity contribution in [3.8, 4) is 0 Å². The zero-order chi connectivity index (χ0) is 30.6. The van der Waals surface area contributed by atoms with Crippen LogP contribution in [0.3, 0.4) is 0 Å². The number of esters is 2. The topological polar surface area (TPSA) is 190 Å². The SMILES string of the molecule is CC(C)OC(=O)C(C)NP(=S)(NC(C)C(=O)OC(C)C)OC[C@@]1(C(F)F)O[C@@H](n2ccc(=O)[nH]c2=O)[C@H](O)[C@@H]1O. The number of aromatic nitrogens is 2. The largest absolute Gasteiger partial charge is 0.462 e. The highest BCUT2D eigenvalue weighted by atomic mass is 32.4. The van der Waals surface area contributed by atoms with E-state index in [4.69, 9.17) is 30.5 Å². The van der Waals surface area contributed by atoms with Crippen molar-refractivity contribution in [3.05, 3.63) is 33.1 Å². The van der Waals surface area contributed by atoms with Crippen LogP contribution in [0.25, 0.3) is 0 Å². The molecule has 2 rings (SSSR count). The summed E-state index contributed by atoms with van der Waals surface area (Å²) in [5, 5.41) is 26.5. The van der Waals surface area contributed by atoms with Crippen LogP contribution in [0.1, 0.15) is 47.8 Å². The summed E-state index contributed by atoms with van der Waals surface area (Å²) in [6.45, 7) is 4.23. The lowest BCUT2D eigenvalue weighted by molar-refractivity contribution is -0.191. The molecular formula is C22H35F2N4O10PS. The van der Waals surface area contributed by atoms with E-state index in [1.165, 1.54) is 13.8 Å². The predicted octanol–water partition coefficient (Wildman–Crippen LogP) is -0.108. The summed E-state index contributed by atoms with van der Waals surface area (Å²) in [5.41, 5.74) is -4.79. The molecule has 1 saturated heterocycles. The van der Waals surface area contributed by atoms with Gasteiger partial charge in [-0.15, -0.1) is 0 Å². The van der Waals surface area contributed by atoms with Gasteiger partial charge >= 0.3 is 17.6 Å². The third-order valence-electron chi connectivity index (χ3n) is 5.56. The molecule has 5 N–H and O–H groups in total. The minimum atomic E-state index is -3.81. The zero-order valence-corrected chi connectivity index (χ0v) is 24.4. The Morgan fingerprint density at radius 3 is 2.02 bits per heavy atom. The van der Waals surface area contributed by atoms with Gasteiger partial charge in [-0.25, -0.2) is 23.7 Å². The molecule has 1 aromatic rings. The standard InChI is InChI=1S/C22H35F2N4O10PS/c1-10(2)36-18(32)12(5)26-39(40,27-13(6)19(33)37-11(3)4)35-9-22(20(23)24)16(31)15(30)17(38-22)28-8-7-14(29)25-21(28)34/h7-8,10-13,15-17,20,30-31H,9H2,1-6H3,(H,25,29,34)(H2,26,27,40)/t12?,13?,15-,16+,17-,22-,39?/m1/s1. The molecule has 2 heterocycles. The average Bonchev–Trinajstić information content (AvgIpc) is 3.08. The summed E-state index contributed by atoms with van der Waals surface area (Å²) in [4.78, 5) is 50.3. The highest BCUT2D eigenvalue weighted by Gasteiger charge is 2.61. The lowest BCUT2D eigenvalue weighted by Crippen LogP contribution is -2.53. The molecule has 0 aromatic carbocycles. The Balaban J connectivity index is 2.39. The van der Waals surface area contributed by atoms with E-state index < -0.39 is 91.1 Å². The number of aliphatic hydroxyl groups excluding tert-OH is 2. The molecule has 1 aromatic heterocycles. The molecule has 0 bridgehead atoms. The van der Waals surface area contributed by atoms with Crippen molar-refractivity contribution in [3.63, 3.8) is 0 Å². The van der Waals surface area contributed by atoms with Crippen molar-refractivity contribution in [2.45, 2.75) is 96.3 Å². The number of aliphatic hydroxyl groups is 2. The van der Waals surface area contributed by atoms with E-state index >= 15 is 0 Å². The minimum Gasteiger partial charge on any atom is -0.462 e. The molecule has 1 aliphatic rings. The maximum Gasteiger partial charge on any atom is 0.330 e. The van der Waals surface area contributed by atoms with Gasteiger partial charge in [0.15, 0.2) is 18.4 Å². The Morgan fingerprint density at radius 2 is 1.60 bits per heavy atom. The number of nitrogens with zero attached hydrogens (tertiary/aromatic N) is 1. The first kappa shape index (κ1) is 34.1. The van der Waals surface area contributed by atoms with Crippen LogP contribution in [0.2, 0.25) is 0 Å². The summed E-state index contributed by atoms with van der Waals surface area (Å²) >= 11 is 5.53. The number of H-pyrrole nitrogens is 1. The van der Waals surface area contributed by atoms with Crippen LogP contribution in [0.15, 0.2) is 21.9 Å². The fourth-order valence-electron chi connectivity index (χ4n) is 3.61. The lowest BCUT2D eigenvalue weighted by atomic mass is 9.96. The van der Waals surface area contributed by atoms with E-state index in [-0.39, 0.29) is 0 Å². The lowest BCUT2D eigenvalue weighted by Gasteiger charge is -2.35. The van der Waals surface area contributed by atoms with E-state index in [1.54, 1.807) is 27.7 Å². The van der Waals surface area contributed by atoms with Crippen molar-refractivity contribution in [1.82, 2.24) is 19.7 Å². The maximum atomic E-state index is 14.5. The first-order valence-electron chi connectivity index (χ1n) is 12.3. The number of hydrogen-bond donors (Lipinski definition) is 5. The Hall–Kier alpha value is -2.11. The summed E-state index contributed by atoms with van der Waals surface area (Å²) in [6, 6.07) is -1.38. The Morgan fingerprint density at radius 1 is 1.10 bits per heavy atom. The first-order chi connectivity index (χ1) is 18.4. The van der Waals surface area contributed by atoms with Crippen LogP contribution in [-0.4, -0.2) is 86.8 Å². The number of carbonyl (C=O) groups excluding carboxylic acids is 2. The van der Waals surface area contributed by atoms with Crippen LogP contribution in [0.4, 0.5) is 8.78 Å². The van der Waals surface area contributed by atoms with Gasteiger partial charge in [-0.05, 0) is 53.3 Å². The molecule has 0 saturated carbocycles. The van der Waals surface area contributed by atoms with Crippen LogP contribution < -0.4 is 21.4 Å². The normalized spacial score (nSPS) is 26.1. The van der Waals surface area contributed by atoms with Gasteiger partial charge in [0, 0.05) is 12.3 Å². The molecule has 40 heavy (non-hydrogen) atoms. The number of aromatic amines is 1. The molecule has 1 fully saturated rings. The van der Waals surface area contributed by atoms with Crippen molar-refractivity contribution >= 4 is 30.3 Å². The van der Waals surface area contributed by atoms with Crippen molar-refractivity contribution in [2.24, 2.45) is 0 Å². The second kappa shape index (κ2) is 13.7. The van der Waals surface area contributed by atoms with Gasteiger partial charge in [-0.1, -0.05) is 0 Å². The monoisotopic (exact) mass is 616 g/mol. The second-order valence-electron chi connectivity index (χ2n) is 9.71. The molecule has 6 atom stereocenters. The smallest absolute Gasteiger partial charge is 0.330 e. The molecule has 0 aliphatic carbocycles. The van der Waals surface area contributed by atoms with Crippen LogP contribution in [0.5, 0.6) is 0 Å². The predicted molar refractivity (Wildman–Crippen MR) is 140 cm³/mol. The summed E-state index contributed by atoms with van der Waals surface area (Å²) in [7, 11) is 0. The third kappa shape index (κ3) is 8.22. The molecule has 0 spiro atoms. The van der Waals surface area contributed by atoms with Crippen molar-refractivity contribution < 1.29 is 47.3 Å². The van der Waals surface area contributed by atoms with Gasteiger partial charge in [-0.2, -0.15) is 0 Å². The number of rotatable bonds is 13. The van der Waals surface area contributed by atoms with Crippen molar-refractivity contribution in [2.75, 3.05) is 6.61 Å². The highest BCUT2D eigenvalue weighted by Crippen LogP contribution is 2.46. The van der Waals surface area contributed by atoms with E-state index in [2.05, 4.69) is 10.2 Å². The molecule has 0 amide bonds. The maximum absolute atomic E-state index is 14.5. The Bertz CT molecular complexity index is 1180. The van der Waals surface area contributed by atoms with Gasteiger partial charge < -0.3 is 28.9 Å². The molecule has 0 radical (unpaired) electrons. The number of hydrogen-bond acceptors (Lipinski definition) is 11. The van der Waals surface area contributed by atoms with Crippen LogP contribution in [0, 0.1) is 0 Å². The van der Waals surface area contributed by atoms with Crippen molar-refractivity contribution in [1.29, 1.82) is 0 Å². The van der Waals surface area contributed by atoms with Gasteiger partial charge in [-0.3, -0.25) is 23.9 Å². The molecule has 2 unspecified atom stereocenters. The number of nitrogens with one attached hydrogen (secondary N) is 3. The quantitative estimate of drug-likeness (QED) is 0.146. The number of carbonyl (C=O) groups is 2. The first-order valence-corrected chi connectivity index (χ1v) is 15.0. The summed E-state index contributed by atoms with van der Waals surface area (Å²) in [5.74, 6) is -1.50. The molecular weight excluding hydrogens is 581 g/mol. The van der Waals surface area contributed by atoms with Gasteiger partial charge in [0.05, 0.1) is 18.8 Å². The minimum absolute atomic E-state index is 0.484. The van der Waals surface area contributed by atoms with Crippen LogP contribution in [-0.2, 0) is 40.1 Å². The van der Waals surface area contributed by atoms with E-state index in [0.717, 1.165) is 12.3 Å². The van der Waals surface area contributed by atoms with Crippen LogP contribution >= 0.6 is 6.57 Å². The summed E-state index contributed by atoms with van der Waals surface area (Å²) in [6.07, 6.45) is -9.75. The zero-order valence-electron chi connectivity index (χ0n) is 22.7. The number of halogens is 2. The van der Waals surface area contributed by atoms with E-state index in [9.17, 15) is 38.2 Å². The fourth-order valence-corrected chi connectivity index (χ4v) is 6.55. The molecule has 1 aliphatic heterocycles. The Kier molecular flexibility index (Phi) is 11.7. The summed E-state index contributed by atoms with van der Waals surface area (Å²) < 4.78 is 50.9. The number of ether oxygens (including phenoxy) is 3. The van der Waals surface area contributed by atoms with E-state index in [0.29, 0.717) is 4.57 Å². The third-order valence-corrected chi connectivity index (χ3v) is 8.46. The Labute approximate surface area is 233 Å².